The number of benzene rings is 2. The first kappa shape index (κ1) is 16.0. The Hall–Kier alpha value is -3.22. The van der Waals surface area contributed by atoms with E-state index in [0.29, 0.717) is 5.82 Å². The Bertz CT molecular complexity index is 1130. The lowest BCUT2D eigenvalue weighted by Gasteiger charge is -2.35. The van der Waals surface area contributed by atoms with Gasteiger partial charge in [-0.15, -0.1) is 0 Å². The molecule has 27 heavy (non-hydrogen) atoms. The number of nitrogens with one attached hydrogen (secondary N) is 3. The molecule has 2 aromatic heterocycles. The van der Waals surface area contributed by atoms with E-state index in [1.54, 1.807) is 6.20 Å². The number of hydrogen-bond donors (Lipinski definition) is 3. The lowest BCUT2D eigenvalue weighted by Crippen LogP contribution is -2.44. The summed E-state index contributed by atoms with van der Waals surface area (Å²) >= 11 is 0. The molecule has 1 saturated carbocycles. The number of alkyl halides is 2. The average molecular weight is 365 g/mol. The lowest BCUT2D eigenvalue weighted by molar-refractivity contribution is -0.0793. The maximum absolute atomic E-state index is 13.1. The fourth-order valence-corrected chi connectivity index (χ4v) is 3.52. The zero-order valence-corrected chi connectivity index (χ0v) is 14.3. The Kier molecular flexibility index (Phi) is 3.50. The second kappa shape index (κ2) is 5.90. The smallest absolute Gasteiger partial charge is 0.252 e. The van der Waals surface area contributed by atoms with Crippen LogP contribution in [0.15, 0.2) is 54.7 Å². The van der Waals surface area contributed by atoms with E-state index in [9.17, 15) is 8.78 Å². The van der Waals surface area contributed by atoms with E-state index in [0.717, 1.165) is 33.2 Å². The van der Waals surface area contributed by atoms with Crippen molar-refractivity contribution in [1.82, 2.24) is 15.2 Å². The lowest BCUT2D eigenvalue weighted by atomic mass is 9.88. The highest BCUT2D eigenvalue weighted by molar-refractivity contribution is 5.96. The number of nitrogens with zero attached hydrogens (tertiary/aromatic N) is 2. The van der Waals surface area contributed by atoms with Crippen molar-refractivity contribution in [2.24, 2.45) is 0 Å². The molecule has 1 aliphatic rings. The van der Waals surface area contributed by atoms with E-state index in [1.165, 1.54) is 0 Å². The Labute approximate surface area is 153 Å². The van der Waals surface area contributed by atoms with Gasteiger partial charge >= 0.3 is 0 Å². The van der Waals surface area contributed by atoms with Gasteiger partial charge in [-0.25, -0.2) is 13.8 Å². The molecule has 4 aromatic rings. The van der Waals surface area contributed by atoms with Gasteiger partial charge in [-0.1, -0.05) is 12.1 Å². The summed E-state index contributed by atoms with van der Waals surface area (Å²) in [5.74, 6) is -1.15. The third-order valence-electron chi connectivity index (χ3n) is 4.93. The maximum atomic E-state index is 13.1. The summed E-state index contributed by atoms with van der Waals surface area (Å²) in [5, 5.41) is 16.7. The van der Waals surface area contributed by atoms with Crippen molar-refractivity contribution in [3.05, 3.63) is 54.7 Å². The number of aromatic nitrogens is 3. The van der Waals surface area contributed by atoms with Crippen LogP contribution in [0.5, 0.6) is 0 Å². The highest BCUT2D eigenvalue weighted by Crippen LogP contribution is 2.39. The van der Waals surface area contributed by atoms with Crippen LogP contribution in [0, 0.1) is 0 Å². The number of halogens is 2. The van der Waals surface area contributed by atoms with Crippen molar-refractivity contribution in [2.45, 2.75) is 24.8 Å². The monoisotopic (exact) mass is 365 g/mol. The van der Waals surface area contributed by atoms with Crippen molar-refractivity contribution in [1.29, 1.82) is 0 Å². The van der Waals surface area contributed by atoms with Gasteiger partial charge in [0.25, 0.3) is 5.92 Å². The molecule has 0 radical (unpaired) electrons. The molecular formula is C20H17F2N5. The molecule has 0 unspecified atom stereocenters. The number of pyridine rings is 1. The van der Waals surface area contributed by atoms with Crippen molar-refractivity contribution >= 4 is 39.0 Å². The summed E-state index contributed by atoms with van der Waals surface area (Å²) in [7, 11) is 0. The summed E-state index contributed by atoms with van der Waals surface area (Å²) in [4.78, 5) is 4.33. The van der Waals surface area contributed by atoms with Crippen LogP contribution in [0.2, 0.25) is 0 Å². The molecule has 3 N–H and O–H groups in total. The summed E-state index contributed by atoms with van der Waals surface area (Å²) in [5.41, 5.74) is 1.86. The third kappa shape index (κ3) is 2.95. The Morgan fingerprint density at radius 1 is 1.00 bits per heavy atom. The number of fused-ring (bicyclic) bond motifs is 2. The van der Waals surface area contributed by atoms with E-state index in [1.807, 2.05) is 48.5 Å². The van der Waals surface area contributed by atoms with Crippen LogP contribution in [0.3, 0.4) is 0 Å². The van der Waals surface area contributed by atoms with E-state index in [4.69, 9.17) is 0 Å². The molecule has 1 fully saturated rings. The van der Waals surface area contributed by atoms with Crippen LogP contribution in [0.4, 0.5) is 26.1 Å². The van der Waals surface area contributed by atoms with Gasteiger partial charge < -0.3 is 10.6 Å². The van der Waals surface area contributed by atoms with Crippen molar-refractivity contribution in [3.8, 4) is 0 Å². The van der Waals surface area contributed by atoms with Crippen molar-refractivity contribution in [3.63, 3.8) is 0 Å². The highest BCUT2D eigenvalue weighted by atomic mass is 19.3. The molecule has 1 aliphatic carbocycles. The Morgan fingerprint density at radius 3 is 2.70 bits per heavy atom. The van der Waals surface area contributed by atoms with Crippen molar-refractivity contribution in [2.75, 3.05) is 10.6 Å². The number of anilines is 3. The summed E-state index contributed by atoms with van der Waals surface area (Å²) in [6.07, 6.45) is 1.41. The molecular weight excluding hydrogens is 348 g/mol. The average Bonchev–Trinajstić information content (AvgIpc) is 3.03. The largest absolute Gasteiger partial charge is 0.366 e. The number of aromatic amines is 1. The quantitative estimate of drug-likeness (QED) is 0.473. The predicted molar refractivity (Wildman–Crippen MR) is 103 cm³/mol. The number of hydrogen-bond acceptors (Lipinski definition) is 4. The van der Waals surface area contributed by atoms with E-state index >= 15 is 0 Å². The summed E-state index contributed by atoms with van der Waals surface area (Å²) < 4.78 is 26.1. The fraction of sp³-hybridized carbons (Fsp3) is 0.200. The molecule has 2 aromatic carbocycles. The zero-order chi connectivity index (χ0) is 18.4. The van der Waals surface area contributed by atoms with Gasteiger partial charge in [0.05, 0.1) is 5.52 Å². The molecule has 7 heteroatoms. The first-order valence-corrected chi connectivity index (χ1v) is 8.81. The fourth-order valence-electron chi connectivity index (χ4n) is 3.52. The molecule has 0 aliphatic heterocycles. The SMILES string of the molecule is FC1(F)CC(Nc2nccc3cc(Nc4n[nH]c5ccccc45)ccc23)C1. The molecule has 0 amide bonds. The minimum atomic E-state index is -2.55. The van der Waals surface area contributed by atoms with Gasteiger partial charge in [0.2, 0.25) is 0 Å². The molecule has 0 atom stereocenters. The van der Waals surface area contributed by atoms with Crippen LogP contribution >= 0.6 is 0 Å². The zero-order valence-electron chi connectivity index (χ0n) is 14.3. The van der Waals surface area contributed by atoms with Crippen LogP contribution in [0.25, 0.3) is 21.7 Å². The first-order chi connectivity index (χ1) is 13.1. The number of para-hydroxylation sites is 1. The van der Waals surface area contributed by atoms with Gasteiger partial charge in [-0.3, -0.25) is 5.10 Å². The topological polar surface area (TPSA) is 65.6 Å². The minimum Gasteiger partial charge on any atom is -0.366 e. The summed E-state index contributed by atoms with van der Waals surface area (Å²) in [6.45, 7) is 0. The Morgan fingerprint density at radius 2 is 1.85 bits per heavy atom. The van der Waals surface area contributed by atoms with Crippen LogP contribution < -0.4 is 10.6 Å². The first-order valence-electron chi connectivity index (χ1n) is 8.81. The van der Waals surface area contributed by atoms with Crippen LogP contribution in [-0.2, 0) is 0 Å². The van der Waals surface area contributed by atoms with Crippen molar-refractivity contribution < 1.29 is 8.78 Å². The van der Waals surface area contributed by atoms with Gasteiger partial charge in [0.15, 0.2) is 5.82 Å². The molecule has 0 spiro atoms. The second-order valence-electron chi connectivity index (χ2n) is 6.94. The van der Waals surface area contributed by atoms with Crippen LogP contribution in [0.1, 0.15) is 12.8 Å². The summed E-state index contributed by atoms with van der Waals surface area (Å²) in [6, 6.07) is 15.5. The van der Waals surface area contributed by atoms with Gasteiger partial charge in [-0.05, 0) is 41.8 Å². The predicted octanol–water partition coefficient (Wildman–Crippen LogP) is 5.06. The highest BCUT2D eigenvalue weighted by Gasteiger charge is 2.45. The molecule has 2 heterocycles. The molecule has 0 bridgehead atoms. The Balaban J connectivity index is 1.42. The number of H-pyrrole nitrogens is 1. The minimum absolute atomic E-state index is 0.142. The van der Waals surface area contributed by atoms with E-state index in [2.05, 4.69) is 25.8 Å². The van der Waals surface area contributed by atoms with E-state index in [-0.39, 0.29) is 18.9 Å². The molecule has 136 valence electrons. The van der Waals surface area contributed by atoms with Gasteiger partial charge in [0.1, 0.15) is 5.82 Å². The standard InChI is InChI=1S/C20H17F2N5/c21-20(22)10-14(11-20)25-18-15-6-5-13(9-12(15)7-8-23-18)24-19-16-3-1-2-4-17(16)26-27-19/h1-9,14H,10-11H2,(H,23,25)(H2,24,26,27). The second-order valence-corrected chi connectivity index (χ2v) is 6.94. The normalized spacial score (nSPS) is 16.4. The van der Waals surface area contributed by atoms with Crippen LogP contribution in [-0.4, -0.2) is 27.1 Å². The van der Waals surface area contributed by atoms with Gasteiger partial charge in [0, 0.05) is 41.5 Å². The molecule has 0 saturated heterocycles. The third-order valence-corrected chi connectivity index (χ3v) is 4.93. The maximum Gasteiger partial charge on any atom is 0.252 e. The van der Waals surface area contributed by atoms with E-state index < -0.39 is 5.92 Å². The molecule has 5 nitrogen and oxygen atoms in total. The number of rotatable bonds is 4. The van der Waals surface area contributed by atoms with Gasteiger partial charge in [-0.2, -0.15) is 5.10 Å². The molecule has 5 rings (SSSR count).